The third-order valence-corrected chi connectivity index (χ3v) is 4.38. The van der Waals surface area contributed by atoms with Crippen LogP contribution >= 0.6 is 0 Å². The molecule has 1 fully saturated rings. The van der Waals surface area contributed by atoms with Crippen molar-refractivity contribution >= 4 is 0 Å². The van der Waals surface area contributed by atoms with Gasteiger partial charge in [-0.25, -0.2) is 0 Å². The molecule has 1 unspecified atom stereocenters. The minimum absolute atomic E-state index is 0.305. The molecule has 0 radical (unpaired) electrons. The monoisotopic (exact) mass is 310 g/mol. The first-order valence-corrected chi connectivity index (χ1v) is 8.43. The summed E-state index contributed by atoms with van der Waals surface area (Å²) < 4.78 is 6.18. The van der Waals surface area contributed by atoms with Crippen molar-refractivity contribution in [1.29, 1.82) is 0 Å². The SMILES string of the molecule is Cc1cc(C)cc(OCC(c2ccccc2)N2CCNCC2)c1. The van der Waals surface area contributed by atoms with Gasteiger partial charge in [0, 0.05) is 26.2 Å². The first-order chi connectivity index (χ1) is 11.2. The molecule has 0 amide bonds. The first-order valence-electron chi connectivity index (χ1n) is 8.43. The summed E-state index contributed by atoms with van der Waals surface area (Å²) in [6.07, 6.45) is 0. The number of piperazine rings is 1. The fraction of sp³-hybridized carbons (Fsp3) is 0.400. The molecule has 1 heterocycles. The zero-order valence-electron chi connectivity index (χ0n) is 14.1. The van der Waals surface area contributed by atoms with Crippen LogP contribution in [-0.2, 0) is 0 Å². The molecule has 0 spiro atoms. The Morgan fingerprint density at radius 1 is 1.00 bits per heavy atom. The molecule has 122 valence electrons. The van der Waals surface area contributed by atoms with Gasteiger partial charge in [-0.15, -0.1) is 0 Å². The Morgan fingerprint density at radius 3 is 2.30 bits per heavy atom. The number of aryl methyl sites for hydroxylation is 2. The van der Waals surface area contributed by atoms with E-state index in [0.717, 1.165) is 31.9 Å². The number of hydrogen-bond donors (Lipinski definition) is 1. The molecule has 0 aliphatic carbocycles. The van der Waals surface area contributed by atoms with Gasteiger partial charge in [0.15, 0.2) is 0 Å². The normalized spacial score (nSPS) is 17.0. The van der Waals surface area contributed by atoms with E-state index >= 15 is 0 Å². The van der Waals surface area contributed by atoms with Crippen molar-refractivity contribution in [3.05, 3.63) is 65.2 Å². The third-order valence-electron chi connectivity index (χ3n) is 4.38. The largest absolute Gasteiger partial charge is 0.492 e. The maximum Gasteiger partial charge on any atom is 0.119 e. The summed E-state index contributed by atoms with van der Waals surface area (Å²) in [5, 5.41) is 3.43. The summed E-state index contributed by atoms with van der Waals surface area (Å²) in [7, 11) is 0. The van der Waals surface area contributed by atoms with Gasteiger partial charge in [0.25, 0.3) is 0 Å². The highest BCUT2D eigenvalue weighted by Gasteiger charge is 2.22. The molecule has 0 aromatic heterocycles. The Kier molecular flexibility index (Phi) is 5.31. The van der Waals surface area contributed by atoms with Crippen molar-refractivity contribution in [2.45, 2.75) is 19.9 Å². The van der Waals surface area contributed by atoms with E-state index in [4.69, 9.17) is 4.74 Å². The Balaban J connectivity index is 1.75. The molecule has 3 rings (SSSR count). The lowest BCUT2D eigenvalue weighted by Crippen LogP contribution is -2.46. The number of rotatable bonds is 5. The summed E-state index contributed by atoms with van der Waals surface area (Å²) in [6, 6.07) is 17.4. The van der Waals surface area contributed by atoms with E-state index in [0.29, 0.717) is 12.6 Å². The van der Waals surface area contributed by atoms with Crippen LogP contribution in [-0.4, -0.2) is 37.7 Å². The van der Waals surface area contributed by atoms with E-state index in [2.05, 4.69) is 72.6 Å². The van der Waals surface area contributed by atoms with Gasteiger partial charge in [0.05, 0.1) is 6.04 Å². The fourth-order valence-electron chi connectivity index (χ4n) is 3.27. The Bertz CT molecular complexity index is 601. The van der Waals surface area contributed by atoms with E-state index in [1.54, 1.807) is 0 Å². The third kappa shape index (κ3) is 4.34. The molecule has 1 aliphatic rings. The van der Waals surface area contributed by atoms with Gasteiger partial charge >= 0.3 is 0 Å². The lowest BCUT2D eigenvalue weighted by molar-refractivity contribution is 0.121. The van der Waals surface area contributed by atoms with Crippen LogP contribution in [0.25, 0.3) is 0 Å². The molecule has 1 atom stereocenters. The first kappa shape index (κ1) is 16.0. The average Bonchev–Trinajstić information content (AvgIpc) is 2.56. The Hall–Kier alpha value is -1.84. The quantitative estimate of drug-likeness (QED) is 0.917. The summed E-state index contributed by atoms with van der Waals surface area (Å²) in [4.78, 5) is 2.52. The van der Waals surface area contributed by atoms with Crippen LogP contribution < -0.4 is 10.1 Å². The molecule has 0 saturated carbocycles. The van der Waals surface area contributed by atoms with Crippen LogP contribution in [0.3, 0.4) is 0 Å². The standard InChI is InChI=1S/C20H26N2O/c1-16-12-17(2)14-19(13-16)23-15-20(18-6-4-3-5-7-18)22-10-8-21-9-11-22/h3-7,12-14,20-21H,8-11,15H2,1-2H3. The summed E-state index contributed by atoms with van der Waals surface area (Å²) in [6.45, 7) is 9.15. The lowest BCUT2D eigenvalue weighted by atomic mass is 10.1. The summed E-state index contributed by atoms with van der Waals surface area (Å²) >= 11 is 0. The van der Waals surface area contributed by atoms with Gasteiger partial charge in [-0.1, -0.05) is 36.4 Å². The molecule has 23 heavy (non-hydrogen) atoms. The second-order valence-corrected chi connectivity index (χ2v) is 6.35. The van der Waals surface area contributed by atoms with E-state index in [9.17, 15) is 0 Å². The van der Waals surface area contributed by atoms with Crippen molar-refractivity contribution in [3.63, 3.8) is 0 Å². The molecule has 3 heteroatoms. The minimum atomic E-state index is 0.305. The van der Waals surface area contributed by atoms with Crippen molar-refractivity contribution in [3.8, 4) is 5.75 Å². The fourth-order valence-corrected chi connectivity index (χ4v) is 3.27. The van der Waals surface area contributed by atoms with Crippen LogP contribution in [0.15, 0.2) is 48.5 Å². The predicted molar refractivity (Wildman–Crippen MR) is 95.0 cm³/mol. The number of ether oxygens (including phenoxy) is 1. The lowest BCUT2D eigenvalue weighted by Gasteiger charge is -2.35. The molecule has 1 saturated heterocycles. The van der Waals surface area contributed by atoms with Crippen molar-refractivity contribution in [1.82, 2.24) is 10.2 Å². The second kappa shape index (κ2) is 7.62. The maximum atomic E-state index is 6.18. The van der Waals surface area contributed by atoms with Gasteiger partial charge in [-0.2, -0.15) is 0 Å². The van der Waals surface area contributed by atoms with E-state index in [1.807, 2.05) is 0 Å². The molecular formula is C20H26N2O. The number of nitrogens with one attached hydrogen (secondary N) is 1. The molecule has 1 aliphatic heterocycles. The van der Waals surface area contributed by atoms with Crippen LogP contribution in [0.4, 0.5) is 0 Å². The van der Waals surface area contributed by atoms with Gasteiger partial charge in [-0.05, 0) is 42.7 Å². The molecule has 0 bridgehead atoms. The van der Waals surface area contributed by atoms with Gasteiger partial charge in [0.2, 0.25) is 0 Å². The van der Waals surface area contributed by atoms with Gasteiger partial charge < -0.3 is 10.1 Å². The van der Waals surface area contributed by atoms with E-state index in [1.165, 1.54) is 16.7 Å². The molecule has 2 aromatic carbocycles. The summed E-state index contributed by atoms with van der Waals surface area (Å²) in [5.74, 6) is 0.971. The van der Waals surface area contributed by atoms with Gasteiger partial charge in [-0.3, -0.25) is 4.90 Å². The van der Waals surface area contributed by atoms with Crippen LogP contribution in [0.2, 0.25) is 0 Å². The van der Waals surface area contributed by atoms with Crippen molar-refractivity contribution < 1.29 is 4.74 Å². The van der Waals surface area contributed by atoms with Crippen LogP contribution in [0.5, 0.6) is 5.75 Å². The maximum absolute atomic E-state index is 6.18. The highest BCUT2D eigenvalue weighted by atomic mass is 16.5. The number of benzene rings is 2. The molecule has 1 N–H and O–H groups in total. The van der Waals surface area contributed by atoms with Gasteiger partial charge in [0.1, 0.15) is 12.4 Å². The smallest absolute Gasteiger partial charge is 0.119 e. The Labute approximate surface area is 139 Å². The van der Waals surface area contributed by atoms with Crippen molar-refractivity contribution in [2.75, 3.05) is 32.8 Å². The molecular weight excluding hydrogens is 284 g/mol. The highest BCUT2D eigenvalue weighted by molar-refractivity contribution is 5.33. The minimum Gasteiger partial charge on any atom is -0.492 e. The topological polar surface area (TPSA) is 24.5 Å². The average molecular weight is 310 g/mol. The Morgan fingerprint density at radius 2 is 1.65 bits per heavy atom. The predicted octanol–water partition coefficient (Wildman–Crippen LogP) is 3.33. The number of nitrogens with zero attached hydrogens (tertiary/aromatic N) is 1. The molecule has 3 nitrogen and oxygen atoms in total. The zero-order chi connectivity index (χ0) is 16.1. The van der Waals surface area contributed by atoms with Crippen LogP contribution in [0.1, 0.15) is 22.7 Å². The van der Waals surface area contributed by atoms with Crippen molar-refractivity contribution in [2.24, 2.45) is 0 Å². The van der Waals surface area contributed by atoms with Crippen LogP contribution in [0, 0.1) is 13.8 Å². The zero-order valence-corrected chi connectivity index (χ0v) is 14.1. The second-order valence-electron chi connectivity index (χ2n) is 6.35. The van der Waals surface area contributed by atoms with E-state index in [-0.39, 0.29) is 0 Å². The van der Waals surface area contributed by atoms with E-state index < -0.39 is 0 Å². The number of hydrogen-bond acceptors (Lipinski definition) is 3. The highest BCUT2D eigenvalue weighted by Crippen LogP contribution is 2.24. The summed E-state index contributed by atoms with van der Waals surface area (Å²) in [5.41, 5.74) is 3.83. The molecule has 2 aromatic rings.